The number of carbonyl (C=O) groups is 2. The van der Waals surface area contributed by atoms with Crippen LogP contribution in [0.25, 0.3) is 0 Å². The summed E-state index contributed by atoms with van der Waals surface area (Å²) >= 11 is 5.76. The highest BCUT2D eigenvalue weighted by Gasteiger charge is 2.18. The maximum absolute atomic E-state index is 11.9. The number of aromatic nitrogens is 2. The van der Waals surface area contributed by atoms with Crippen molar-refractivity contribution in [2.45, 2.75) is 6.92 Å². The van der Waals surface area contributed by atoms with Crippen LogP contribution in [0.4, 0.5) is 5.69 Å². The van der Waals surface area contributed by atoms with Gasteiger partial charge in [-0.2, -0.15) is 0 Å². The van der Waals surface area contributed by atoms with E-state index in [1.54, 1.807) is 13.0 Å². The summed E-state index contributed by atoms with van der Waals surface area (Å²) in [6, 6.07) is 2.94. The van der Waals surface area contributed by atoms with Crippen LogP contribution in [-0.4, -0.2) is 27.0 Å². The normalized spacial score (nSPS) is 10.2. The molecule has 2 heterocycles. The molecule has 0 radical (unpaired) electrons. The van der Waals surface area contributed by atoms with Crippen LogP contribution in [-0.2, 0) is 0 Å². The molecule has 98 valence electrons. The summed E-state index contributed by atoms with van der Waals surface area (Å²) in [6.45, 7) is 1.61. The first-order valence-electron chi connectivity index (χ1n) is 5.33. The number of anilines is 1. The second kappa shape index (κ2) is 5.11. The fraction of sp³-hybridized carbons (Fsp3) is 0.0833. The molecule has 0 unspecified atom stereocenters. The molecule has 2 aromatic heterocycles. The minimum atomic E-state index is -1.12. The quantitative estimate of drug-likeness (QED) is 0.803. The van der Waals surface area contributed by atoms with E-state index in [2.05, 4.69) is 15.3 Å². The van der Waals surface area contributed by atoms with Gasteiger partial charge in [0, 0.05) is 23.1 Å². The Hall–Kier alpha value is -2.34. The van der Waals surface area contributed by atoms with Gasteiger partial charge < -0.3 is 15.4 Å². The molecule has 0 atom stereocenters. The second-order valence-corrected chi connectivity index (χ2v) is 4.26. The molecule has 6 nitrogen and oxygen atoms in total. The summed E-state index contributed by atoms with van der Waals surface area (Å²) in [4.78, 5) is 29.6. The average molecular weight is 280 g/mol. The number of carboxylic acid groups (broad SMARTS) is 1. The Balaban J connectivity index is 2.27. The van der Waals surface area contributed by atoms with E-state index < -0.39 is 11.9 Å². The standard InChI is InChI=1S/C12H10ClN3O3/c1-6-10(12(18)19)9(5-15-6)16-11(17)8-4-7(13)2-3-14-8/h2-5,15H,1H3,(H,16,17)(H,18,19). The zero-order valence-corrected chi connectivity index (χ0v) is 10.7. The lowest BCUT2D eigenvalue weighted by atomic mass is 10.2. The molecule has 0 spiro atoms. The van der Waals surface area contributed by atoms with Gasteiger partial charge in [0.2, 0.25) is 0 Å². The third-order valence-corrected chi connectivity index (χ3v) is 2.73. The molecule has 7 heteroatoms. The van der Waals surface area contributed by atoms with Crippen LogP contribution in [0.3, 0.4) is 0 Å². The van der Waals surface area contributed by atoms with E-state index in [0.29, 0.717) is 10.7 Å². The van der Waals surface area contributed by atoms with Gasteiger partial charge >= 0.3 is 5.97 Å². The molecule has 2 rings (SSSR count). The maximum Gasteiger partial charge on any atom is 0.339 e. The number of aryl methyl sites for hydroxylation is 1. The monoisotopic (exact) mass is 279 g/mol. The number of rotatable bonds is 3. The van der Waals surface area contributed by atoms with Crippen molar-refractivity contribution < 1.29 is 14.7 Å². The first kappa shape index (κ1) is 13.1. The molecule has 0 bridgehead atoms. The second-order valence-electron chi connectivity index (χ2n) is 3.82. The van der Waals surface area contributed by atoms with Gasteiger partial charge in [-0.05, 0) is 19.1 Å². The summed E-state index contributed by atoms with van der Waals surface area (Å²) in [6.07, 6.45) is 2.82. The molecule has 0 aromatic carbocycles. The number of H-pyrrole nitrogens is 1. The molecule has 0 saturated heterocycles. The van der Waals surface area contributed by atoms with E-state index in [9.17, 15) is 9.59 Å². The van der Waals surface area contributed by atoms with Gasteiger partial charge in [-0.15, -0.1) is 0 Å². The first-order valence-corrected chi connectivity index (χ1v) is 5.71. The third-order valence-electron chi connectivity index (χ3n) is 2.49. The van der Waals surface area contributed by atoms with Crippen molar-refractivity contribution in [2.75, 3.05) is 5.32 Å². The molecule has 1 amide bonds. The summed E-state index contributed by atoms with van der Waals surface area (Å²) < 4.78 is 0. The molecule has 3 N–H and O–H groups in total. The van der Waals surface area contributed by atoms with Gasteiger partial charge in [0.25, 0.3) is 5.91 Å². The Morgan fingerprint density at radius 2 is 2.21 bits per heavy atom. The molecule has 0 saturated carbocycles. The number of nitrogens with one attached hydrogen (secondary N) is 2. The summed E-state index contributed by atoms with van der Waals surface area (Å²) in [5.74, 6) is -1.64. The fourth-order valence-corrected chi connectivity index (χ4v) is 1.78. The number of aromatic amines is 1. The van der Waals surface area contributed by atoms with Crippen molar-refractivity contribution in [1.29, 1.82) is 0 Å². The highest BCUT2D eigenvalue weighted by molar-refractivity contribution is 6.31. The molecule has 0 fully saturated rings. The average Bonchev–Trinajstić information content (AvgIpc) is 2.70. The van der Waals surface area contributed by atoms with Gasteiger partial charge in [-0.3, -0.25) is 9.78 Å². The van der Waals surface area contributed by atoms with E-state index in [1.165, 1.54) is 18.5 Å². The molecular formula is C12H10ClN3O3. The number of amides is 1. The first-order chi connectivity index (χ1) is 8.99. The molecule has 19 heavy (non-hydrogen) atoms. The van der Waals surface area contributed by atoms with Crippen molar-refractivity contribution in [3.05, 3.63) is 46.5 Å². The number of carbonyl (C=O) groups excluding carboxylic acids is 1. The molecule has 0 aliphatic carbocycles. The fourth-order valence-electron chi connectivity index (χ4n) is 1.62. The Labute approximate surface area is 113 Å². The SMILES string of the molecule is Cc1[nH]cc(NC(=O)c2cc(Cl)ccn2)c1C(=O)O. The van der Waals surface area contributed by atoms with Gasteiger partial charge in [0.15, 0.2) is 0 Å². The minimum Gasteiger partial charge on any atom is -0.478 e. The van der Waals surface area contributed by atoms with Gasteiger partial charge in [0.05, 0.1) is 5.69 Å². The Bertz CT molecular complexity index is 651. The predicted octanol–water partition coefficient (Wildman–Crippen LogP) is 2.32. The van der Waals surface area contributed by atoms with Crippen LogP contribution in [0.1, 0.15) is 26.5 Å². The van der Waals surface area contributed by atoms with E-state index in [-0.39, 0.29) is 16.9 Å². The minimum absolute atomic E-state index is 0.0235. The van der Waals surface area contributed by atoms with Gasteiger partial charge in [0.1, 0.15) is 11.3 Å². The van der Waals surface area contributed by atoms with Crippen LogP contribution < -0.4 is 5.32 Å². The summed E-state index contributed by atoms with van der Waals surface area (Å²) in [5.41, 5.74) is 0.789. The van der Waals surface area contributed by atoms with Crippen LogP contribution in [0, 0.1) is 6.92 Å². The van der Waals surface area contributed by atoms with Crippen LogP contribution >= 0.6 is 11.6 Å². The third kappa shape index (κ3) is 2.74. The van der Waals surface area contributed by atoms with E-state index >= 15 is 0 Å². The van der Waals surface area contributed by atoms with Crippen LogP contribution in [0.15, 0.2) is 24.5 Å². The Kier molecular flexibility index (Phi) is 3.52. The van der Waals surface area contributed by atoms with E-state index in [4.69, 9.17) is 16.7 Å². The van der Waals surface area contributed by atoms with Crippen LogP contribution in [0.5, 0.6) is 0 Å². The highest BCUT2D eigenvalue weighted by Crippen LogP contribution is 2.20. The highest BCUT2D eigenvalue weighted by atomic mass is 35.5. The van der Waals surface area contributed by atoms with E-state index in [1.807, 2.05) is 0 Å². The van der Waals surface area contributed by atoms with Gasteiger partial charge in [-0.1, -0.05) is 11.6 Å². The summed E-state index contributed by atoms with van der Waals surface area (Å²) in [7, 11) is 0. The molecule has 0 aliphatic heterocycles. The van der Waals surface area contributed by atoms with Gasteiger partial charge in [-0.25, -0.2) is 4.79 Å². The number of pyridine rings is 1. The maximum atomic E-state index is 11.9. The predicted molar refractivity (Wildman–Crippen MR) is 69.7 cm³/mol. The number of carboxylic acids is 1. The van der Waals surface area contributed by atoms with Crippen molar-refractivity contribution in [3.63, 3.8) is 0 Å². The Morgan fingerprint density at radius 1 is 1.47 bits per heavy atom. The topological polar surface area (TPSA) is 95.1 Å². The Morgan fingerprint density at radius 3 is 2.84 bits per heavy atom. The smallest absolute Gasteiger partial charge is 0.339 e. The number of hydrogen-bond acceptors (Lipinski definition) is 3. The molecular weight excluding hydrogens is 270 g/mol. The zero-order chi connectivity index (χ0) is 14.0. The van der Waals surface area contributed by atoms with Crippen molar-refractivity contribution in [1.82, 2.24) is 9.97 Å². The van der Waals surface area contributed by atoms with Crippen molar-refractivity contribution in [3.8, 4) is 0 Å². The van der Waals surface area contributed by atoms with Crippen LogP contribution in [0.2, 0.25) is 5.02 Å². The lowest BCUT2D eigenvalue weighted by molar-refractivity contribution is 0.0697. The number of nitrogens with zero attached hydrogens (tertiary/aromatic N) is 1. The zero-order valence-electron chi connectivity index (χ0n) is 9.90. The number of aromatic carboxylic acids is 1. The van der Waals surface area contributed by atoms with Crippen molar-refractivity contribution in [2.24, 2.45) is 0 Å². The lowest BCUT2D eigenvalue weighted by Gasteiger charge is -2.04. The number of halogens is 1. The summed E-state index contributed by atoms with van der Waals surface area (Å²) in [5, 5.41) is 11.9. The largest absolute Gasteiger partial charge is 0.478 e. The molecule has 0 aliphatic rings. The lowest BCUT2D eigenvalue weighted by Crippen LogP contribution is -2.15. The van der Waals surface area contributed by atoms with E-state index in [0.717, 1.165) is 0 Å². The van der Waals surface area contributed by atoms with Crippen molar-refractivity contribution >= 4 is 29.2 Å². The number of hydrogen-bond donors (Lipinski definition) is 3. The molecule has 2 aromatic rings.